The second-order valence-electron chi connectivity index (χ2n) is 6.42. The van der Waals surface area contributed by atoms with Crippen molar-refractivity contribution in [2.24, 2.45) is 4.99 Å². The number of hydrogen-bond donors (Lipinski definition) is 0. The van der Waals surface area contributed by atoms with Gasteiger partial charge in [-0.2, -0.15) is 0 Å². The van der Waals surface area contributed by atoms with Crippen LogP contribution in [-0.2, 0) is 19.9 Å². The third-order valence-corrected chi connectivity index (χ3v) is 7.64. The fourth-order valence-electron chi connectivity index (χ4n) is 3.16. The van der Waals surface area contributed by atoms with E-state index in [2.05, 4.69) is 16.8 Å². The molecule has 1 aromatic rings. The van der Waals surface area contributed by atoms with E-state index in [4.69, 9.17) is 0 Å². The van der Waals surface area contributed by atoms with Crippen molar-refractivity contribution < 1.29 is 16.8 Å². The third-order valence-electron chi connectivity index (χ3n) is 4.72. The van der Waals surface area contributed by atoms with Gasteiger partial charge in [0.05, 0.1) is 22.9 Å². The number of piperazine rings is 1. The minimum Gasteiger partial charge on any atom is -0.339 e. The Kier molecular flexibility index (Phi) is 5.27. The second-order valence-corrected chi connectivity index (χ2v) is 10.3. The number of sulfonamides is 1. The van der Waals surface area contributed by atoms with Crippen LogP contribution < -0.4 is 0 Å². The summed E-state index contributed by atoms with van der Waals surface area (Å²) < 4.78 is 50.5. The van der Waals surface area contributed by atoms with E-state index in [9.17, 15) is 16.8 Å². The Bertz CT molecular complexity index is 887. The Morgan fingerprint density at radius 1 is 0.923 bits per heavy atom. The molecule has 1 aromatic carbocycles. The van der Waals surface area contributed by atoms with E-state index in [0.717, 1.165) is 39.0 Å². The van der Waals surface area contributed by atoms with Crippen molar-refractivity contribution in [1.29, 1.82) is 0 Å². The van der Waals surface area contributed by atoms with E-state index in [0.29, 0.717) is 19.0 Å². The minimum absolute atomic E-state index is 0.0756. The lowest BCUT2D eigenvalue weighted by Crippen LogP contribution is -2.53. The van der Waals surface area contributed by atoms with Crippen LogP contribution >= 0.6 is 0 Å². The zero-order valence-electron chi connectivity index (χ0n) is 15.0. The molecule has 0 amide bonds. The molecule has 0 aliphatic carbocycles. The maximum absolute atomic E-state index is 13.0. The Labute approximate surface area is 155 Å². The number of benzene rings is 1. The van der Waals surface area contributed by atoms with Crippen LogP contribution in [0, 0.1) is 0 Å². The molecule has 0 unspecified atom stereocenters. The molecule has 2 aliphatic heterocycles. The molecule has 3 rings (SSSR count). The fourth-order valence-corrected chi connectivity index (χ4v) is 5.23. The van der Waals surface area contributed by atoms with Gasteiger partial charge in [-0.25, -0.2) is 21.1 Å². The standard InChI is InChI=1S/C16H24N4O4S2/c1-3-18-10-12-19(13-11-18)16-17-8-9-20(16)26(23,24)15-6-4-14(5-7-15)25(2,21)22/h4-7H,3,8-13H2,1-2H3. The molecule has 1 saturated heterocycles. The molecule has 1 fully saturated rings. The molecule has 8 nitrogen and oxygen atoms in total. The van der Waals surface area contributed by atoms with Gasteiger partial charge in [0, 0.05) is 32.4 Å². The number of aliphatic imine (C=N–C) groups is 1. The fraction of sp³-hybridized carbons (Fsp3) is 0.562. The Hall–Kier alpha value is -1.65. The average Bonchev–Trinajstić information content (AvgIpc) is 3.12. The molecular formula is C16H24N4O4S2. The molecule has 0 aromatic heterocycles. The minimum atomic E-state index is -3.77. The summed E-state index contributed by atoms with van der Waals surface area (Å²) in [7, 11) is -7.13. The summed E-state index contributed by atoms with van der Waals surface area (Å²) in [6.07, 6.45) is 1.09. The molecule has 0 bridgehead atoms. The second kappa shape index (κ2) is 7.16. The zero-order chi connectivity index (χ0) is 18.9. The van der Waals surface area contributed by atoms with Crippen LogP contribution in [0.2, 0.25) is 0 Å². The molecule has 144 valence electrons. The quantitative estimate of drug-likeness (QED) is 0.711. The first-order chi connectivity index (χ1) is 12.2. The molecule has 0 spiro atoms. The molecule has 10 heteroatoms. The van der Waals surface area contributed by atoms with E-state index in [1.54, 1.807) is 0 Å². The molecule has 0 radical (unpaired) electrons. The van der Waals surface area contributed by atoms with Crippen LogP contribution in [0.4, 0.5) is 0 Å². The molecule has 26 heavy (non-hydrogen) atoms. The molecule has 0 N–H and O–H groups in total. The van der Waals surface area contributed by atoms with Crippen molar-refractivity contribution in [3.8, 4) is 0 Å². The predicted molar refractivity (Wildman–Crippen MR) is 99.4 cm³/mol. The highest BCUT2D eigenvalue weighted by atomic mass is 32.2. The number of nitrogens with zero attached hydrogens (tertiary/aromatic N) is 4. The van der Waals surface area contributed by atoms with Gasteiger partial charge < -0.3 is 9.80 Å². The highest BCUT2D eigenvalue weighted by Crippen LogP contribution is 2.22. The maximum Gasteiger partial charge on any atom is 0.266 e. The first-order valence-electron chi connectivity index (χ1n) is 8.58. The summed E-state index contributed by atoms with van der Waals surface area (Å²) in [5.41, 5.74) is 0. The van der Waals surface area contributed by atoms with Crippen LogP contribution in [0.15, 0.2) is 39.0 Å². The lowest BCUT2D eigenvalue weighted by molar-refractivity contribution is 0.184. The van der Waals surface area contributed by atoms with Crippen molar-refractivity contribution in [3.05, 3.63) is 24.3 Å². The number of likely N-dealkylation sites (N-methyl/N-ethyl adjacent to an activating group) is 1. The first-order valence-corrected chi connectivity index (χ1v) is 11.9. The largest absolute Gasteiger partial charge is 0.339 e. The molecule has 0 atom stereocenters. The molecular weight excluding hydrogens is 376 g/mol. The summed E-state index contributed by atoms with van der Waals surface area (Å²) in [5, 5.41) is 0. The van der Waals surface area contributed by atoms with E-state index >= 15 is 0 Å². The van der Waals surface area contributed by atoms with Crippen LogP contribution in [0.25, 0.3) is 0 Å². The van der Waals surface area contributed by atoms with Crippen LogP contribution in [0.3, 0.4) is 0 Å². The van der Waals surface area contributed by atoms with Gasteiger partial charge in [0.1, 0.15) is 0 Å². The summed E-state index contributed by atoms with van der Waals surface area (Å²) in [6, 6.07) is 5.34. The summed E-state index contributed by atoms with van der Waals surface area (Å²) >= 11 is 0. The van der Waals surface area contributed by atoms with Gasteiger partial charge in [-0.3, -0.25) is 4.99 Å². The number of sulfone groups is 1. The summed E-state index contributed by atoms with van der Waals surface area (Å²) in [4.78, 5) is 8.92. The predicted octanol–water partition coefficient (Wildman–Crippen LogP) is 0.0879. The number of guanidine groups is 1. The van der Waals surface area contributed by atoms with E-state index < -0.39 is 19.9 Å². The lowest BCUT2D eigenvalue weighted by atomic mass is 10.3. The van der Waals surface area contributed by atoms with E-state index in [1.165, 1.54) is 28.6 Å². The molecule has 2 heterocycles. The monoisotopic (exact) mass is 400 g/mol. The van der Waals surface area contributed by atoms with Gasteiger partial charge in [0.2, 0.25) is 5.96 Å². The number of hydrogen-bond acceptors (Lipinski definition) is 7. The molecule has 0 saturated carbocycles. The van der Waals surface area contributed by atoms with Crippen molar-refractivity contribution in [2.75, 3.05) is 52.1 Å². The van der Waals surface area contributed by atoms with Crippen LogP contribution in [0.1, 0.15) is 6.92 Å². The zero-order valence-corrected chi connectivity index (χ0v) is 16.6. The highest BCUT2D eigenvalue weighted by molar-refractivity contribution is 7.90. The van der Waals surface area contributed by atoms with Gasteiger partial charge in [0.25, 0.3) is 10.0 Å². The smallest absolute Gasteiger partial charge is 0.266 e. The third kappa shape index (κ3) is 3.72. The van der Waals surface area contributed by atoms with Crippen LogP contribution in [0.5, 0.6) is 0 Å². The summed E-state index contributed by atoms with van der Waals surface area (Å²) in [6.45, 7) is 7.08. The highest BCUT2D eigenvalue weighted by Gasteiger charge is 2.34. The van der Waals surface area contributed by atoms with Crippen molar-refractivity contribution in [2.45, 2.75) is 16.7 Å². The van der Waals surface area contributed by atoms with Crippen molar-refractivity contribution in [3.63, 3.8) is 0 Å². The van der Waals surface area contributed by atoms with Crippen LogP contribution in [-0.4, -0.2) is 89.0 Å². The van der Waals surface area contributed by atoms with Crippen molar-refractivity contribution in [1.82, 2.24) is 14.1 Å². The Morgan fingerprint density at radius 2 is 1.50 bits per heavy atom. The van der Waals surface area contributed by atoms with E-state index in [1.807, 2.05) is 4.90 Å². The molecule has 2 aliphatic rings. The van der Waals surface area contributed by atoms with Gasteiger partial charge in [0.15, 0.2) is 9.84 Å². The Balaban J connectivity index is 1.82. The van der Waals surface area contributed by atoms with Gasteiger partial charge >= 0.3 is 0 Å². The SMILES string of the molecule is CCN1CCN(C2=NCCN2S(=O)(=O)c2ccc(S(C)(=O)=O)cc2)CC1. The summed E-state index contributed by atoms with van der Waals surface area (Å²) in [5.74, 6) is 0.493. The van der Waals surface area contributed by atoms with Gasteiger partial charge in [-0.05, 0) is 30.8 Å². The van der Waals surface area contributed by atoms with E-state index in [-0.39, 0.29) is 9.79 Å². The Morgan fingerprint density at radius 3 is 2.04 bits per heavy atom. The topological polar surface area (TPSA) is 90.4 Å². The lowest BCUT2D eigenvalue weighted by Gasteiger charge is -2.37. The number of rotatable bonds is 4. The normalized spacial score (nSPS) is 19.7. The van der Waals surface area contributed by atoms with Crippen molar-refractivity contribution >= 4 is 25.8 Å². The first kappa shape index (κ1) is 19.1. The maximum atomic E-state index is 13.0. The average molecular weight is 401 g/mol. The van der Waals surface area contributed by atoms with Gasteiger partial charge in [-0.15, -0.1) is 0 Å². The van der Waals surface area contributed by atoms with Gasteiger partial charge in [-0.1, -0.05) is 6.92 Å².